The molecule has 0 saturated heterocycles. The van der Waals surface area contributed by atoms with Crippen LogP contribution < -0.4 is 0 Å². The van der Waals surface area contributed by atoms with Gasteiger partial charge in [-0.3, -0.25) is 0 Å². The Labute approximate surface area is 93.6 Å². The van der Waals surface area contributed by atoms with Gasteiger partial charge in [0, 0.05) is 13.0 Å². The quantitative estimate of drug-likeness (QED) is 0.303. The van der Waals surface area contributed by atoms with Crippen molar-refractivity contribution >= 4 is 17.8 Å². The normalized spacial score (nSPS) is 26.3. The van der Waals surface area contributed by atoms with E-state index in [0.29, 0.717) is 5.57 Å². The molecule has 5 nitrogen and oxygen atoms in total. The Bertz CT molecular complexity index is 410. The second-order valence-corrected chi connectivity index (χ2v) is 3.79. The van der Waals surface area contributed by atoms with Gasteiger partial charge in [-0.2, -0.15) is 4.48 Å². The summed E-state index contributed by atoms with van der Waals surface area (Å²) in [6, 6.07) is 0. The first-order chi connectivity index (χ1) is 7.33. The number of nitrogens with zero attached hydrogens (tertiary/aromatic N) is 1. The largest absolute Gasteiger partial charge is 0.408 e. The minimum absolute atomic E-state index is 0.352. The summed E-state index contributed by atoms with van der Waals surface area (Å²) in [5, 5.41) is 0. The number of rotatable bonds is 3. The molecule has 86 valence electrons. The van der Waals surface area contributed by atoms with Gasteiger partial charge in [0.05, 0.1) is 18.7 Å². The monoisotopic (exact) mass is 224 g/mol. The van der Waals surface area contributed by atoms with Gasteiger partial charge in [-0.05, 0) is 6.92 Å². The summed E-state index contributed by atoms with van der Waals surface area (Å²) in [5.41, 5.74) is 0.369. The van der Waals surface area contributed by atoms with Crippen molar-refractivity contribution in [3.63, 3.8) is 0 Å². The summed E-state index contributed by atoms with van der Waals surface area (Å²) in [6.45, 7) is 6.32. The first-order valence-corrected chi connectivity index (χ1v) is 4.81. The van der Waals surface area contributed by atoms with E-state index in [1.54, 1.807) is 6.92 Å². The highest BCUT2D eigenvalue weighted by Crippen LogP contribution is 2.24. The summed E-state index contributed by atoms with van der Waals surface area (Å²) in [5.74, 6) is -1.39. The van der Waals surface area contributed by atoms with Crippen molar-refractivity contribution in [2.24, 2.45) is 0 Å². The molecule has 2 unspecified atom stereocenters. The minimum atomic E-state index is -0.862. The molecule has 0 aromatic carbocycles. The number of amides is 2. The molecule has 2 amide bonds. The highest BCUT2D eigenvalue weighted by atomic mass is 16.6. The van der Waals surface area contributed by atoms with Crippen molar-refractivity contribution in [2.75, 3.05) is 7.05 Å². The zero-order valence-electron chi connectivity index (χ0n) is 9.52. The molecule has 0 spiro atoms. The van der Waals surface area contributed by atoms with E-state index in [1.165, 1.54) is 20.0 Å². The molecule has 0 saturated carbocycles. The molecule has 0 aromatic rings. The van der Waals surface area contributed by atoms with Crippen molar-refractivity contribution in [1.82, 2.24) is 0 Å². The van der Waals surface area contributed by atoms with E-state index in [4.69, 9.17) is 4.74 Å². The summed E-state index contributed by atoms with van der Waals surface area (Å²) in [7, 11) is 1.43. The third kappa shape index (κ3) is 1.69. The average Bonchev–Trinajstić information content (AvgIpc) is 2.43. The fraction of sp³-hybridized carbons (Fsp3) is 0.364. The summed E-state index contributed by atoms with van der Waals surface area (Å²) in [6.07, 6.45) is 1.40. The van der Waals surface area contributed by atoms with Crippen LogP contribution in [0.5, 0.6) is 0 Å². The van der Waals surface area contributed by atoms with Crippen LogP contribution in [-0.2, 0) is 19.1 Å². The molecule has 0 aromatic heterocycles. The zero-order valence-corrected chi connectivity index (χ0v) is 9.52. The van der Waals surface area contributed by atoms with Crippen molar-refractivity contribution in [1.29, 1.82) is 0 Å². The number of esters is 1. The Morgan fingerprint density at radius 2 is 2.12 bits per heavy atom. The van der Waals surface area contributed by atoms with Crippen LogP contribution in [-0.4, -0.2) is 35.5 Å². The Morgan fingerprint density at radius 1 is 1.56 bits per heavy atom. The molecular weight excluding hydrogens is 210 g/mol. The van der Waals surface area contributed by atoms with Crippen LogP contribution in [0.1, 0.15) is 13.8 Å². The second-order valence-electron chi connectivity index (χ2n) is 3.79. The molecular formula is C11H14NO4+. The maximum atomic E-state index is 11.8. The van der Waals surface area contributed by atoms with Gasteiger partial charge in [-0.15, -0.1) is 0 Å². The summed E-state index contributed by atoms with van der Waals surface area (Å²) in [4.78, 5) is 34.5. The third-order valence-corrected chi connectivity index (χ3v) is 2.74. The van der Waals surface area contributed by atoms with E-state index >= 15 is 0 Å². The first-order valence-electron chi connectivity index (χ1n) is 4.81. The van der Waals surface area contributed by atoms with E-state index < -0.39 is 16.7 Å². The van der Waals surface area contributed by atoms with Crippen LogP contribution in [0.15, 0.2) is 24.3 Å². The van der Waals surface area contributed by atoms with E-state index in [9.17, 15) is 14.4 Å². The highest BCUT2D eigenvalue weighted by Gasteiger charge is 2.51. The van der Waals surface area contributed by atoms with Gasteiger partial charge in [0.1, 0.15) is 0 Å². The van der Waals surface area contributed by atoms with Crippen molar-refractivity contribution in [3.8, 4) is 0 Å². The molecule has 0 bridgehead atoms. The lowest BCUT2D eigenvalue weighted by Gasteiger charge is -2.29. The van der Waals surface area contributed by atoms with Crippen molar-refractivity contribution < 1.29 is 23.6 Å². The average molecular weight is 224 g/mol. The lowest BCUT2D eigenvalue weighted by molar-refractivity contribution is -0.801. The Hall–Kier alpha value is -1.75. The number of hydrogen-bond donors (Lipinski definition) is 0. The van der Waals surface area contributed by atoms with Gasteiger partial charge in [0.25, 0.3) is 0 Å². The van der Waals surface area contributed by atoms with Gasteiger partial charge in [-0.25, -0.2) is 14.4 Å². The number of ether oxygens (including phenoxy) is 1. The predicted octanol–water partition coefficient (Wildman–Crippen LogP) is 0.521. The van der Waals surface area contributed by atoms with Crippen LogP contribution in [0.2, 0.25) is 0 Å². The maximum absolute atomic E-state index is 11.8. The maximum Gasteiger partial charge on any atom is 0.352 e. The van der Waals surface area contributed by atoms with Crippen LogP contribution >= 0.6 is 0 Å². The van der Waals surface area contributed by atoms with Crippen LogP contribution in [0, 0.1) is 0 Å². The number of likely N-dealkylation sites (N-methyl/N-ethyl adjacent to an activating group) is 1. The summed E-state index contributed by atoms with van der Waals surface area (Å²) >= 11 is 0. The number of carbonyl (C=O) groups is 3. The fourth-order valence-electron chi connectivity index (χ4n) is 1.51. The zero-order chi connectivity index (χ0) is 12.5. The molecule has 1 rings (SSSR count). The van der Waals surface area contributed by atoms with E-state index in [2.05, 4.69) is 6.58 Å². The Balaban J connectivity index is 2.95. The van der Waals surface area contributed by atoms with E-state index in [1.807, 2.05) is 0 Å². The van der Waals surface area contributed by atoms with Crippen LogP contribution in [0.4, 0.5) is 0 Å². The SMILES string of the molecule is C=CC(=O)OC(C)[N+]1(C)C(=O)C=C(C)C1=O. The Kier molecular flexibility index (Phi) is 3.09. The van der Waals surface area contributed by atoms with Gasteiger partial charge in [0.15, 0.2) is 0 Å². The number of hydrogen-bond acceptors (Lipinski definition) is 4. The molecule has 5 heteroatoms. The van der Waals surface area contributed by atoms with Crippen molar-refractivity contribution in [2.45, 2.75) is 20.1 Å². The number of imide groups is 1. The predicted molar refractivity (Wildman–Crippen MR) is 55.7 cm³/mol. The molecule has 1 aliphatic rings. The first kappa shape index (κ1) is 12.3. The minimum Gasteiger partial charge on any atom is -0.408 e. The molecule has 16 heavy (non-hydrogen) atoms. The van der Waals surface area contributed by atoms with E-state index in [0.717, 1.165) is 6.08 Å². The summed E-state index contributed by atoms with van der Waals surface area (Å²) < 4.78 is 4.35. The third-order valence-electron chi connectivity index (χ3n) is 2.74. The van der Waals surface area contributed by atoms with Crippen LogP contribution in [0.25, 0.3) is 0 Å². The van der Waals surface area contributed by atoms with Crippen molar-refractivity contribution in [3.05, 3.63) is 24.3 Å². The van der Waals surface area contributed by atoms with Gasteiger partial charge < -0.3 is 4.74 Å². The molecule has 0 radical (unpaired) electrons. The van der Waals surface area contributed by atoms with Crippen LogP contribution in [0.3, 0.4) is 0 Å². The molecule has 0 aliphatic carbocycles. The van der Waals surface area contributed by atoms with E-state index in [-0.39, 0.29) is 11.8 Å². The standard InChI is InChI=1S/C11H14NO4/c1-5-10(14)16-8(3)12(4)9(13)6-7(2)11(12)15/h5-6,8H,1H2,2-4H3/q+1. The highest BCUT2D eigenvalue weighted by molar-refractivity contribution is 6.07. The molecule has 1 aliphatic heterocycles. The molecule has 1 heterocycles. The number of quaternary nitrogens is 1. The topological polar surface area (TPSA) is 60.4 Å². The second kappa shape index (κ2) is 4.02. The molecule has 0 fully saturated rings. The molecule has 0 N–H and O–H groups in total. The van der Waals surface area contributed by atoms with Gasteiger partial charge in [0.2, 0.25) is 6.23 Å². The molecule has 2 atom stereocenters. The fourth-order valence-corrected chi connectivity index (χ4v) is 1.51. The lowest BCUT2D eigenvalue weighted by atomic mass is 10.3. The number of carbonyl (C=O) groups excluding carboxylic acids is 3. The van der Waals surface area contributed by atoms with Gasteiger partial charge in [-0.1, -0.05) is 6.58 Å². The lowest BCUT2D eigenvalue weighted by Crippen LogP contribution is -2.57. The smallest absolute Gasteiger partial charge is 0.352 e. The Morgan fingerprint density at radius 3 is 2.50 bits per heavy atom. The van der Waals surface area contributed by atoms with Gasteiger partial charge >= 0.3 is 17.8 Å².